The molecule has 0 unspecified atom stereocenters. The van der Waals surface area contributed by atoms with E-state index in [4.69, 9.17) is 10.5 Å². The Morgan fingerprint density at radius 1 is 1.44 bits per heavy atom. The summed E-state index contributed by atoms with van der Waals surface area (Å²) in [5, 5.41) is 6.41. The summed E-state index contributed by atoms with van der Waals surface area (Å²) in [5.41, 5.74) is 5.99. The third-order valence-electron chi connectivity index (χ3n) is 5.34. The van der Waals surface area contributed by atoms with Gasteiger partial charge < -0.3 is 21.1 Å². The fraction of sp³-hybridized carbons (Fsp3) is 0.895. The van der Waals surface area contributed by atoms with E-state index >= 15 is 0 Å². The van der Waals surface area contributed by atoms with Crippen LogP contribution in [0.4, 0.5) is 0 Å². The van der Waals surface area contributed by atoms with Crippen molar-refractivity contribution in [2.24, 2.45) is 11.7 Å². The van der Waals surface area contributed by atoms with E-state index in [1.807, 2.05) is 7.05 Å². The molecule has 0 spiro atoms. The van der Waals surface area contributed by atoms with Crippen molar-refractivity contribution in [3.05, 3.63) is 0 Å². The zero-order chi connectivity index (χ0) is 20.4. The minimum Gasteiger partial charge on any atom is -0.464 e. The number of nitrogens with one attached hydrogen (secondary N) is 2. The first-order chi connectivity index (χ1) is 12.8. The molecule has 1 aliphatic heterocycles. The maximum Gasteiger partial charge on any atom is 0.328 e. The van der Waals surface area contributed by atoms with Gasteiger partial charge in [0.25, 0.3) is 0 Å². The van der Waals surface area contributed by atoms with Gasteiger partial charge in [-0.2, -0.15) is 12.6 Å². The number of likely N-dealkylation sites (N-methyl/N-ethyl adjacent to an activating group) is 1. The molecular weight excluding hydrogens is 364 g/mol. The van der Waals surface area contributed by atoms with Gasteiger partial charge in [-0.15, -0.1) is 0 Å². The molecule has 1 aliphatic rings. The van der Waals surface area contributed by atoms with Gasteiger partial charge in [0.2, 0.25) is 5.91 Å². The molecule has 1 saturated heterocycles. The highest BCUT2D eigenvalue weighted by Gasteiger charge is 2.32. The molecule has 0 aromatic heterocycles. The molecule has 5 atom stereocenters. The number of carbonyl (C=O) groups excluding carboxylic acids is 2. The number of nitrogens with two attached hydrogens (primary N) is 1. The number of hydrogen-bond acceptors (Lipinski definition) is 7. The van der Waals surface area contributed by atoms with Gasteiger partial charge >= 0.3 is 5.97 Å². The van der Waals surface area contributed by atoms with Crippen LogP contribution in [0.3, 0.4) is 0 Å². The number of esters is 1. The van der Waals surface area contributed by atoms with E-state index < -0.39 is 6.04 Å². The molecular formula is C19H38N4O3S. The molecule has 0 aromatic rings. The van der Waals surface area contributed by atoms with Crippen molar-refractivity contribution in [3.8, 4) is 0 Å². The second kappa shape index (κ2) is 12.6. The van der Waals surface area contributed by atoms with Gasteiger partial charge in [0, 0.05) is 37.3 Å². The summed E-state index contributed by atoms with van der Waals surface area (Å²) in [6, 6.07) is -0.541. The number of nitrogens with zero attached hydrogens (tertiary/aromatic N) is 1. The van der Waals surface area contributed by atoms with Crippen LogP contribution in [0.5, 0.6) is 0 Å². The van der Waals surface area contributed by atoms with E-state index in [0.29, 0.717) is 31.2 Å². The molecule has 0 bridgehead atoms. The summed E-state index contributed by atoms with van der Waals surface area (Å²) >= 11 is 4.25. The molecule has 1 amide bonds. The van der Waals surface area contributed by atoms with Gasteiger partial charge in [-0.1, -0.05) is 33.6 Å². The first-order valence-electron chi connectivity index (χ1n) is 10.1. The molecule has 7 nitrogen and oxygen atoms in total. The Kier molecular flexibility index (Phi) is 11.3. The summed E-state index contributed by atoms with van der Waals surface area (Å²) in [4.78, 5) is 26.6. The number of amides is 1. The summed E-state index contributed by atoms with van der Waals surface area (Å²) in [6.45, 7) is 8.25. The van der Waals surface area contributed by atoms with Crippen LogP contribution in [0.2, 0.25) is 0 Å². The van der Waals surface area contributed by atoms with E-state index in [0.717, 1.165) is 25.8 Å². The Hall–Kier alpha value is -0.830. The Labute approximate surface area is 169 Å². The molecule has 1 heterocycles. The van der Waals surface area contributed by atoms with Crippen LogP contribution in [0.25, 0.3) is 0 Å². The average molecular weight is 403 g/mol. The Bertz CT molecular complexity index is 466. The SMILES string of the molecule is CCC[C@H](C(=O)N[C@H]1CCOC1=O)N(C)C[C@@H](NC[C@@H](N)CS)[C@@H](C)CC. The monoisotopic (exact) mass is 402 g/mol. The third kappa shape index (κ3) is 7.97. The first-order valence-corrected chi connectivity index (χ1v) is 10.7. The third-order valence-corrected chi connectivity index (χ3v) is 5.81. The molecule has 0 saturated carbocycles. The molecule has 0 aliphatic carbocycles. The lowest BCUT2D eigenvalue weighted by atomic mass is 9.97. The van der Waals surface area contributed by atoms with Crippen molar-refractivity contribution in [1.82, 2.24) is 15.5 Å². The van der Waals surface area contributed by atoms with Crippen molar-refractivity contribution in [2.75, 3.05) is 32.5 Å². The van der Waals surface area contributed by atoms with Crippen molar-refractivity contribution in [2.45, 2.75) is 70.6 Å². The van der Waals surface area contributed by atoms with E-state index in [9.17, 15) is 9.59 Å². The molecule has 0 aromatic carbocycles. The molecule has 27 heavy (non-hydrogen) atoms. The van der Waals surface area contributed by atoms with Crippen LogP contribution in [-0.2, 0) is 14.3 Å². The lowest BCUT2D eigenvalue weighted by Crippen LogP contribution is -2.54. The molecule has 158 valence electrons. The molecule has 8 heteroatoms. The molecule has 1 rings (SSSR count). The van der Waals surface area contributed by atoms with Crippen molar-refractivity contribution in [3.63, 3.8) is 0 Å². The number of thiol groups is 1. The van der Waals surface area contributed by atoms with Crippen molar-refractivity contribution in [1.29, 1.82) is 0 Å². The smallest absolute Gasteiger partial charge is 0.328 e. The van der Waals surface area contributed by atoms with Crippen LogP contribution in [0.15, 0.2) is 0 Å². The maximum atomic E-state index is 12.8. The predicted octanol–water partition coefficient (Wildman–Crippen LogP) is 0.780. The zero-order valence-corrected chi connectivity index (χ0v) is 18.1. The second-order valence-electron chi connectivity index (χ2n) is 7.60. The number of ether oxygens (including phenoxy) is 1. The average Bonchev–Trinajstić information content (AvgIpc) is 3.06. The highest BCUT2D eigenvalue weighted by molar-refractivity contribution is 7.80. The fourth-order valence-corrected chi connectivity index (χ4v) is 3.38. The van der Waals surface area contributed by atoms with Gasteiger partial charge in [-0.3, -0.25) is 9.69 Å². The van der Waals surface area contributed by atoms with Crippen LogP contribution in [0.1, 0.15) is 46.5 Å². The Morgan fingerprint density at radius 2 is 2.15 bits per heavy atom. The minimum atomic E-state index is -0.512. The fourth-order valence-electron chi connectivity index (χ4n) is 3.25. The highest BCUT2D eigenvalue weighted by Crippen LogP contribution is 2.14. The number of hydrogen-bond donors (Lipinski definition) is 4. The van der Waals surface area contributed by atoms with Gasteiger partial charge in [0.05, 0.1) is 12.6 Å². The van der Waals surface area contributed by atoms with E-state index in [2.05, 4.69) is 48.9 Å². The zero-order valence-electron chi connectivity index (χ0n) is 17.2. The van der Waals surface area contributed by atoms with Gasteiger partial charge in [-0.25, -0.2) is 4.79 Å². The topological polar surface area (TPSA) is 96.7 Å². The lowest BCUT2D eigenvalue weighted by Gasteiger charge is -2.34. The largest absolute Gasteiger partial charge is 0.464 e. The Balaban J connectivity index is 2.72. The van der Waals surface area contributed by atoms with Crippen molar-refractivity contribution < 1.29 is 14.3 Å². The molecule has 1 fully saturated rings. The first kappa shape index (κ1) is 24.2. The second-order valence-corrected chi connectivity index (χ2v) is 7.97. The number of rotatable bonds is 13. The highest BCUT2D eigenvalue weighted by atomic mass is 32.1. The van der Waals surface area contributed by atoms with Crippen LogP contribution < -0.4 is 16.4 Å². The predicted molar refractivity (Wildman–Crippen MR) is 112 cm³/mol. The quantitative estimate of drug-likeness (QED) is 0.269. The summed E-state index contributed by atoms with van der Waals surface area (Å²) in [5.74, 6) is 0.656. The van der Waals surface area contributed by atoms with E-state index in [1.54, 1.807) is 0 Å². The van der Waals surface area contributed by atoms with Crippen LogP contribution in [0, 0.1) is 5.92 Å². The van der Waals surface area contributed by atoms with Gasteiger partial charge in [0.1, 0.15) is 6.04 Å². The van der Waals surface area contributed by atoms with E-state index in [-0.39, 0.29) is 30.0 Å². The summed E-state index contributed by atoms with van der Waals surface area (Å²) < 4.78 is 4.95. The number of carbonyl (C=O) groups is 2. The van der Waals surface area contributed by atoms with E-state index in [1.165, 1.54) is 0 Å². The lowest BCUT2D eigenvalue weighted by molar-refractivity contribution is -0.142. The van der Waals surface area contributed by atoms with Gasteiger partial charge in [0.15, 0.2) is 0 Å². The Morgan fingerprint density at radius 3 is 2.67 bits per heavy atom. The van der Waals surface area contributed by atoms with Gasteiger partial charge in [-0.05, 0) is 19.4 Å². The van der Waals surface area contributed by atoms with Crippen LogP contribution >= 0.6 is 12.6 Å². The molecule has 4 N–H and O–H groups in total. The summed E-state index contributed by atoms with van der Waals surface area (Å²) in [6.07, 6.45) is 3.23. The summed E-state index contributed by atoms with van der Waals surface area (Å²) in [7, 11) is 1.97. The van der Waals surface area contributed by atoms with Crippen molar-refractivity contribution >= 4 is 24.5 Å². The minimum absolute atomic E-state index is 0.00770. The maximum absolute atomic E-state index is 12.8. The standard InChI is InChI=1S/C19H38N4O3S/c1-5-7-17(18(24)22-15-8-9-26-19(15)25)23(4)11-16(13(3)6-2)21-10-14(20)12-27/h13-17,21,27H,5-12,20H2,1-4H3,(H,22,24)/t13-,14+,15-,16+,17+/m0/s1. The van der Waals surface area contributed by atoms with Crippen LogP contribution in [-0.4, -0.2) is 73.4 Å². The molecule has 0 radical (unpaired) electrons. The normalized spacial score (nSPS) is 21.6. The number of cyclic esters (lactones) is 1.